The van der Waals surface area contributed by atoms with Crippen LogP contribution in [0.15, 0.2) is 18.2 Å². The Morgan fingerprint density at radius 1 is 0.955 bits per heavy atom. The molecule has 0 aliphatic heterocycles. The van der Waals surface area contributed by atoms with Gasteiger partial charge in [-0.25, -0.2) is 0 Å². The Labute approximate surface area is 131 Å². The number of ether oxygens (including phenoxy) is 3. The third-order valence-electron chi connectivity index (χ3n) is 2.88. The second-order valence-corrected chi connectivity index (χ2v) is 5.96. The zero-order valence-corrected chi connectivity index (χ0v) is 13.9. The van der Waals surface area contributed by atoms with Crippen molar-refractivity contribution in [2.75, 3.05) is 14.2 Å². The van der Waals surface area contributed by atoms with Crippen molar-refractivity contribution in [3.05, 3.63) is 23.8 Å². The van der Waals surface area contributed by atoms with Crippen LogP contribution >= 0.6 is 0 Å². The fourth-order valence-corrected chi connectivity index (χ4v) is 1.90. The molecule has 1 aromatic carbocycles. The molecule has 5 nitrogen and oxygen atoms in total. The lowest BCUT2D eigenvalue weighted by atomic mass is 10.0. The number of carbonyl (C=O) groups excluding carboxylic acids is 2. The molecule has 122 valence electrons. The molecule has 0 unspecified atom stereocenters. The SMILES string of the molecule is COc1cc(OC)cc(C(=O)CCCC(=O)OC(C)(C)C)c1. The summed E-state index contributed by atoms with van der Waals surface area (Å²) >= 11 is 0. The molecule has 0 fully saturated rings. The maximum Gasteiger partial charge on any atom is 0.306 e. The summed E-state index contributed by atoms with van der Waals surface area (Å²) in [4.78, 5) is 23.8. The van der Waals surface area contributed by atoms with Crippen LogP contribution in [0.1, 0.15) is 50.4 Å². The van der Waals surface area contributed by atoms with Crippen molar-refractivity contribution in [2.45, 2.75) is 45.6 Å². The Morgan fingerprint density at radius 3 is 1.95 bits per heavy atom. The summed E-state index contributed by atoms with van der Waals surface area (Å²) in [6.07, 6.45) is 0.951. The van der Waals surface area contributed by atoms with E-state index in [-0.39, 0.29) is 24.6 Å². The van der Waals surface area contributed by atoms with E-state index >= 15 is 0 Å². The molecule has 1 aromatic rings. The number of Topliss-reactive ketones (excluding diaryl/α,β-unsaturated/α-hetero) is 1. The summed E-state index contributed by atoms with van der Waals surface area (Å²) in [7, 11) is 3.07. The molecule has 0 aliphatic carbocycles. The molecule has 0 bridgehead atoms. The largest absolute Gasteiger partial charge is 0.497 e. The van der Waals surface area contributed by atoms with Gasteiger partial charge in [-0.3, -0.25) is 9.59 Å². The van der Waals surface area contributed by atoms with Crippen LogP contribution in [0.4, 0.5) is 0 Å². The van der Waals surface area contributed by atoms with Gasteiger partial charge in [0, 0.05) is 24.5 Å². The molecule has 0 saturated carbocycles. The summed E-state index contributed by atoms with van der Waals surface area (Å²) in [6.45, 7) is 5.45. The fraction of sp³-hybridized carbons (Fsp3) is 0.529. The van der Waals surface area contributed by atoms with Crippen LogP contribution in [-0.2, 0) is 9.53 Å². The Bertz CT molecular complexity index is 506. The van der Waals surface area contributed by atoms with Crippen molar-refractivity contribution >= 4 is 11.8 Å². The van der Waals surface area contributed by atoms with Crippen LogP contribution in [0, 0.1) is 0 Å². The van der Waals surface area contributed by atoms with E-state index in [4.69, 9.17) is 14.2 Å². The quantitative estimate of drug-likeness (QED) is 0.570. The third-order valence-corrected chi connectivity index (χ3v) is 2.88. The molecule has 0 radical (unpaired) electrons. The number of carbonyl (C=O) groups is 2. The second-order valence-electron chi connectivity index (χ2n) is 5.96. The minimum atomic E-state index is -0.499. The van der Waals surface area contributed by atoms with Gasteiger partial charge in [0.05, 0.1) is 14.2 Å². The Balaban J connectivity index is 2.57. The predicted octanol–water partition coefficient (Wildman–Crippen LogP) is 3.40. The van der Waals surface area contributed by atoms with Crippen molar-refractivity contribution in [3.63, 3.8) is 0 Å². The van der Waals surface area contributed by atoms with Gasteiger partial charge in [-0.05, 0) is 39.3 Å². The molecule has 0 heterocycles. The van der Waals surface area contributed by atoms with E-state index in [9.17, 15) is 9.59 Å². The van der Waals surface area contributed by atoms with E-state index < -0.39 is 5.60 Å². The van der Waals surface area contributed by atoms with Gasteiger partial charge in [0.25, 0.3) is 0 Å². The number of methoxy groups -OCH3 is 2. The van der Waals surface area contributed by atoms with Gasteiger partial charge in [-0.1, -0.05) is 0 Å². The number of hydrogen-bond acceptors (Lipinski definition) is 5. The van der Waals surface area contributed by atoms with E-state index in [0.717, 1.165) is 0 Å². The Hall–Kier alpha value is -2.04. The van der Waals surface area contributed by atoms with E-state index in [0.29, 0.717) is 23.5 Å². The summed E-state index contributed by atoms with van der Waals surface area (Å²) in [6, 6.07) is 5.04. The number of rotatable bonds is 7. The highest BCUT2D eigenvalue weighted by Crippen LogP contribution is 2.23. The van der Waals surface area contributed by atoms with Crippen molar-refractivity contribution in [3.8, 4) is 11.5 Å². The van der Waals surface area contributed by atoms with Crippen LogP contribution in [-0.4, -0.2) is 31.6 Å². The molecule has 1 rings (SSSR count). The van der Waals surface area contributed by atoms with Gasteiger partial charge in [0.1, 0.15) is 17.1 Å². The highest BCUT2D eigenvalue weighted by molar-refractivity contribution is 5.97. The molecule has 0 aromatic heterocycles. The molecule has 0 amide bonds. The lowest BCUT2D eigenvalue weighted by Gasteiger charge is -2.19. The summed E-state index contributed by atoms with van der Waals surface area (Å²) in [5, 5.41) is 0. The first-order chi connectivity index (χ1) is 10.2. The number of esters is 1. The molecule has 0 atom stereocenters. The van der Waals surface area contributed by atoms with Crippen molar-refractivity contribution < 1.29 is 23.8 Å². The molecule has 0 spiro atoms. The van der Waals surface area contributed by atoms with E-state index in [1.165, 1.54) is 14.2 Å². The molecule has 0 N–H and O–H groups in total. The monoisotopic (exact) mass is 308 g/mol. The third kappa shape index (κ3) is 6.16. The number of ketones is 1. The first kappa shape index (κ1) is 18.0. The van der Waals surface area contributed by atoms with Crippen LogP contribution in [0.5, 0.6) is 11.5 Å². The molecule has 5 heteroatoms. The molecule has 0 saturated heterocycles. The van der Waals surface area contributed by atoms with Gasteiger partial charge < -0.3 is 14.2 Å². The zero-order chi connectivity index (χ0) is 16.8. The summed E-state index contributed by atoms with van der Waals surface area (Å²) < 4.78 is 15.5. The second kappa shape index (κ2) is 7.82. The summed E-state index contributed by atoms with van der Waals surface area (Å²) in [5.74, 6) is 0.786. The molecule has 22 heavy (non-hydrogen) atoms. The molecular weight excluding hydrogens is 284 g/mol. The first-order valence-electron chi connectivity index (χ1n) is 7.23. The minimum Gasteiger partial charge on any atom is -0.497 e. The predicted molar refractivity (Wildman–Crippen MR) is 83.6 cm³/mol. The summed E-state index contributed by atoms with van der Waals surface area (Å²) in [5.41, 5.74) is 0.0155. The van der Waals surface area contributed by atoms with E-state index in [2.05, 4.69) is 0 Å². The van der Waals surface area contributed by atoms with E-state index in [1.54, 1.807) is 18.2 Å². The average molecular weight is 308 g/mol. The lowest BCUT2D eigenvalue weighted by Crippen LogP contribution is -2.23. The topological polar surface area (TPSA) is 61.8 Å². The molecule has 0 aliphatic rings. The van der Waals surface area contributed by atoms with Gasteiger partial charge in [0.15, 0.2) is 5.78 Å². The number of hydrogen-bond donors (Lipinski definition) is 0. The Kier molecular flexibility index (Phi) is 6.40. The van der Waals surface area contributed by atoms with Crippen molar-refractivity contribution in [2.24, 2.45) is 0 Å². The highest BCUT2D eigenvalue weighted by atomic mass is 16.6. The minimum absolute atomic E-state index is 0.0549. The standard InChI is InChI=1S/C17H24O5/c1-17(2,3)22-16(19)8-6-7-15(18)12-9-13(20-4)11-14(10-12)21-5/h9-11H,6-8H2,1-5H3. The fourth-order valence-electron chi connectivity index (χ4n) is 1.90. The lowest BCUT2D eigenvalue weighted by molar-refractivity contribution is -0.154. The van der Waals surface area contributed by atoms with E-state index in [1.807, 2.05) is 20.8 Å². The zero-order valence-electron chi connectivity index (χ0n) is 13.9. The molecular formula is C17H24O5. The Morgan fingerprint density at radius 2 is 1.50 bits per heavy atom. The van der Waals surface area contributed by atoms with Crippen molar-refractivity contribution in [1.29, 1.82) is 0 Å². The maximum atomic E-state index is 12.2. The van der Waals surface area contributed by atoms with Crippen LogP contribution in [0.25, 0.3) is 0 Å². The van der Waals surface area contributed by atoms with Gasteiger partial charge in [-0.2, -0.15) is 0 Å². The highest BCUT2D eigenvalue weighted by Gasteiger charge is 2.17. The van der Waals surface area contributed by atoms with Gasteiger partial charge >= 0.3 is 5.97 Å². The van der Waals surface area contributed by atoms with Crippen LogP contribution in [0.3, 0.4) is 0 Å². The first-order valence-corrected chi connectivity index (χ1v) is 7.23. The van der Waals surface area contributed by atoms with Gasteiger partial charge in [-0.15, -0.1) is 0 Å². The van der Waals surface area contributed by atoms with Gasteiger partial charge in [0.2, 0.25) is 0 Å². The average Bonchev–Trinajstić information content (AvgIpc) is 2.44. The maximum absolute atomic E-state index is 12.2. The van der Waals surface area contributed by atoms with Crippen molar-refractivity contribution in [1.82, 2.24) is 0 Å². The normalized spacial score (nSPS) is 11.0. The number of benzene rings is 1. The smallest absolute Gasteiger partial charge is 0.306 e. The van der Waals surface area contributed by atoms with Crippen LogP contribution in [0.2, 0.25) is 0 Å². The van der Waals surface area contributed by atoms with Crippen LogP contribution < -0.4 is 9.47 Å².